The van der Waals surface area contributed by atoms with Crippen molar-refractivity contribution in [2.24, 2.45) is 0 Å². The number of allylic oxidation sites excluding steroid dienone is 1. The number of rotatable bonds is 3. The highest BCUT2D eigenvalue weighted by atomic mass is 79.9. The fourth-order valence-electron chi connectivity index (χ4n) is 1.16. The predicted molar refractivity (Wildman–Crippen MR) is 66.6 cm³/mol. The van der Waals surface area contributed by atoms with Crippen LogP contribution in [0.1, 0.15) is 17.5 Å². The second kappa shape index (κ2) is 5.77. The molecule has 1 aromatic carbocycles. The number of benzene rings is 1. The largest absolute Gasteiger partial charge is 0.417 e. The Labute approximate surface area is 106 Å². The van der Waals surface area contributed by atoms with E-state index in [9.17, 15) is 13.2 Å². The smallest absolute Gasteiger partial charge is 0.179 e. The predicted octanol–water partition coefficient (Wildman–Crippen LogP) is 4.80. The summed E-state index contributed by atoms with van der Waals surface area (Å²) in [6.45, 7) is 0. The van der Waals surface area contributed by atoms with Gasteiger partial charge in [0.15, 0.2) is 0 Å². The van der Waals surface area contributed by atoms with Gasteiger partial charge in [-0.2, -0.15) is 25.8 Å². The van der Waals surface area contributed by atoms with Gasteiger partial charge in [-0.25, -0.2) is 0 Å². The lowest BCUT2D eigenvalue weighted by Crippen LogP contribution is -2.06. The minimum Gasteiger partial charge on any atom is -0.179 e. The van der Waals surface area contributed by atoms with E-state index in [1.165, 1.54) is 6.07 Å². The lowest BCUT2D eigenvalue weighted by atomic mass is 10.1. The van der Waals surface area contributed by atoms with E-state index in [0.29, 0.717) is 11.3 Å². The first-order chi connectivity index (χ1) is 7.45. The molecule has 0 bridgehead atoms. The fraction of sp³-hybridized carbons (Fsp3) is 0.273. The maximum atomic E-state index is 12.6. The number of halogens is 4. The summed E-state index contributed by atoms with van der Waals surface area (Å²) < 4.78 is 37.7. The third-order valence-electron chi connectivity index (χ3n) is 1.90. The number of hydrogen-bond acceptors (Lipinski definition) is 1. The molecule has 0 amide bonds. The first kappa shape index (κ1) is 13.6. The second-order valence-electron chi connectivity index (χ2n) is 3.15. The van der Waals surface area contributed by atoms with Crippen LogP contribution in [-0.2, 0) is 6.18 Å². The molecular weight excluding hydrogens is 301 g/mol. The van der Waals surface area contributed by atoms with Gasteiger partial charge in [0, 0.05) is 4.47 Å². The maximum absolute atomic E-state index is 12.6. The van der Waals surface area contributed by atoms with E-state index in [-0.39, 0.29) is 4.47 Å². The molecule has 0 aliphatic rings. The van der Waals surface area contributed by atoms with E-state index in [1.54, 1.807) is 18.2 Å². The molecule has 0 fully saturated rings. The Morgan fingerprint density at radius 1 is 1.31 bits per heavy atom. The van der Waals surface area contributed by atoms with Gasteiger partial charge in [0.05, 0.1) is 5.56 Å². The van der Waals surface area contributed by atoms with E-state index in [0.717, 1.165) is 12.5 Å². The van der Waals surface area contributed by atoms with Crippen LogP contribution in [0.15, 0.2) is 28.7 Å². The second-order valence-corrected chi connectivity index (χ2v) is 4.45. The zero-order valence-corrected chi connectivity index (χ0v) is 10.7. The molecule has 0 atom stereocenters. The van der Waals surface area contributed by atoms with Crippen molar-refractivity contribution in [2.45, 2.75) is 12.6 Å². The average molecular weight is 311 g/mol. The number of hydrogen-bond donors (Lipinski definition) is 1. The highest BCUT2D eigenvalue weighted by Crippen LogP contribution is 2.35. The molecule has 1 aromatic rings. The molecule has 88 valence electrons. The van der Waals surface area contributed by atoms with Gasteiger partial charge in [0.25, 0.3) is 0 Å². The molecule has 16 heavy (non-hydrogen) atoms. The fourth-order valence-corrected chi connectivity index (χ4v) is 1.78. The van der Waals surface area contributed by atoms with Gasteiger partial charge in [-0.15, -0.1) is 0 Å². The zero-order chi connectivity index (χ0) is 12.2. The lowest BCUT2D eigenvalue weighted by Gasteiger charge is -2.09. The van der Waals surface area contributed by atoms with Crippen LogP contribution in [0.4, 0.5) is 13.2 Å². The van der Waals surface area contributed by atoms with Gasteiger partial charge in [-0.05, 0) is 29.9 Å². The summed E-state index contributed by atoms with van der Waals surface area (Å²) in [7, 11) is 0. The Balaban J connectivity index is 2.99. The molecule has 0 heterocycles. The van der Waals surface area contributed by atoms with Crippen molar-refractivity contribution in [1.29, 1.82) is 0 Å². The minimum atomic E-state index is -4.33. The van der Waals surface area contributed by atoms with E-state index < -0.39 is 11.7 Å². The van der Waals surface area contributed by atoms with E-state index in [4.69, 9.17) is 0 Å². The quantitative estimate of drug-likeness (QED) is 0.762. The Kier molecular flexibility index (Phi) is 4.92. The van der Waals surface area contributed by atoms with Crippen LogP contribution in [0.5, 0.6) is 0 Å². The van der Waals surface area contributed by atoms with Gasteiger partial charge >= 0.3 is 6.18 Å². The molecule has 0 saturated heterocycles. The van der Waals surface area contributed by atoms with Crippen molar-refractivity contribution in [3.05, 3.63) is 39.9 Å². The van der Waals surface area contributed by atoms with E-state index in [2.05, 4.69) is 28.6 Å². The summed E-state index contributed by atoms with van der Waals surface area (Å²) in [6, 6.07) is 4.16. The van der Waals surface area contributed by atoms with Crippen LogP contribution in [0.25, 0.3) is 6.08 Å². The van der Waals surface area contributed by atoms with Crippen LogP contribution >= 0.6 is 28.6 Å². The van der Waals surface area contributed by atoms with Gasteiger partial charge < -0.3 is 0 Å². The molecular formula is C11H10BrF3S. The van der Waals surface area contributed by atoms with Crippen molar-refractivity contribution >= 4 is 34.6 Å². The standard InChI is InChI=1S/C11H10BrF3S/c12-10-5-4-8(3-1-2-6-16)7-9(10)11(13,14)15/h1,3-5,7,16H,2,6H2. The molecule has 0 aliphatic carbocycles. The third-order valence-corrected chi connectivity index (χ3v) is 2.85. The molecule has 0 N–H and O–H groups in total. The Bertz CT molecular complexity index is 385. The van der Waals surface area contributed by atoms with Crippen LogP contribution < -0.4 is 0 Å². The number of alkyl halides is 3. The molecule has 1 rings (SSSR count). The molecule has 0 spiro atoms. The van der Waals surface area contributed by atoms with Gasteiger partial charge in [-0.3, -0.25) is 0 Å². The van der Waals surface area contributed by atoms with Crippen LogP contribution in [0.2, 0.25) is 0 Å². The third kappa shape index (κ3) is 3.87. The molecule has 0 aliphatic heterocycles. The topological polar surface area (TPSA) is 0 Å². The molecule has 0 radical (unpaired) electrons. The highest BCUT2D eigenvalue weighted by molar-refractivity contribution is 9.10. The monoisotopic (exact) mass is 310 g/mol. The summed E-state index contributed by atoms with van der Waals surface area (Å²) in [5, 5.41) is 0. The van der Waals surface area contributed by atoms with Gasteiger partial charge in [-0.1, -0.05) is 34.1 Å². The Hall–Kier alpha value is -0.420. The van der Waals surface area contributed by atoms with Crippen molar-refractivity contribution in [3.63, 3.8) is 0 Å². The van der Waals surface area contributed by atoms with Crippen molar-refractivity contribution < 1.29 is 13.2 Å². The molecule has 0 unspecified atom stereocenters. The summed E-state index contributed by atoms with van der Waals surface area (Å²) >= 11 is 6.90. The Morgan fingerprint density at radius 2 is 2.00 bits per heavy atom. The van der Waals surface area contributed by atoms with Gasteiger partial charge in [0.1, 0.15) is 0 Å². The molecule has 0 nitrogen and oxygen atoms in total. The molecule has 0 saturated carbocycles. The van der Waals surface area contributed by atoms with Crippen molar-refractivity contribution in [2.75, 3.05) is 5.75 Å². The van der Waals surface area contributed by atoms with Crippen molar-refractivity contribution in [1.82, 2.24) is 0 Å². The molecule has 0 aromatic heterocycles. The summed E-state index contributed by atoms with van der Waals surface area (Å²) in [5.74, 6) is 0.680. The Morgan fingerprint density at radius 3 is 2.56 bits per heavy atom. The maximum Gasteiger partial charge on any atom is 0.417 e. The van der Waals surface area contributed by atoms with Crippen LogP contribution in [-0.4, -0.2) is 5.75 Å². The minimum absolute atomic E-state index is 0.0614. The first-order valence-corrected chi connectivity index (χ1v) is 6.02. The molecule has 5 heteroatoms. The van der Waals surface area contributed by atoms with Crippen molar-refractivity contribution in [3.8, 4) is 0 Å². The normalized spacial score (nSPS) is 12.3. The summed E-state index contributed by atoms with van der Waals surface area (Å²) in [5.41, 5.74) is -0.113. The van der Waals surface area contributed by atoms with Crippen LogP contribution in [0.3, 0.4) is 0 Å². The first-order valence-electron chi connectivity index (χ1n) is 4.59. The lowest BCUT2D eigenvalue weighted by molar-refractivity contribution is -0.138. The number of thiol groups is 1. The van der Waals surface area contributed by atoms with E-state index in [1.807, 2.05) is 0 Å². The van der Waals surface area contributed by atoms with Crippen LogP contribution in [0, 0.1) is 0 Å². The highest BCUT2D eigenvalue weighted by Gasteiger charge is 2.32. The van der Waals surface area contributed by atoms with E-state index >= 15 is 0 Å². The zero-order valence-electron chi connectivity index (χ0n) is 8.26. The SMILES string of the molecule is FC(F)(F)c1cc(C=CCCS)ccc1Br. The average Bonchev–Trinajstić information content (AvgIpc) is 2.19. The van der Waals surface area contributed by atoms with Gasteiger partial charge in [0.2, 0.25) is 0 Å². The summed E-state index contributed by atoms with van der Waals surface area (Å²) in [4.78, 5) is 0. The summed E-state index contributed by atoms with van der Waals surface area (Å²) in [6.07, 6.45) is -0.124.